The Bertz CT molecular complexity index is 638. The quantitative estimate of drug-likeness (QED) is 0.113. The van der Waals surface area contributed by atoms with Crippen LogP contribution in [0, 0.1) is 11.5 Å². The summed E-state index contributed by atoms with van der Waals surface area (Å²) in [4.78, 5) is 8.37. The number of nitrogens with one attached hydrogen (secondary N) is 2. The van der Waals surface area contributed by atoms with Gasteiger partial charge in [-0.1, -0.05) is 46.0 Å². The third-order valence-electron chi connectivity index (χ3n) is 4.48. The first kappa shape index (κ1) is 24.1. The van der Waals surface area contributed by atoms with Crippen molar-refractivity contribution >= 4 is 19.0 Å². The first-order valence-electron chi connectivity index (χ1n) is 10.2. The number of pyridine rings is 1. The molecule has 28 heavy (non-hydrogen) atoms. The number of guanidine groups is 1. The Morgan fingerprint density at radius 1 is 1.11 bits per heavy atom. The van der Waals surface area contributed by atoms with Crippen LogP contribution in [0.5, 0.6) is 0 Å². The molecule has 1 rings (SSSR count). The van der Waals surface area contributed by atoms with E-state index in [9.17, 15) is 4.57 Å². The molecular formula is C20H34N5O2P. The first-order valence-corrected chi connectivity index (χ1v) is 12.2. The van der Waals surface area contributed by atoms with Gasteiger partial charge in [0.05, 0.1) is 6.61 Å². The van der Waals surface area contributed by atoms with Crippen molar-refractivity contribution in [2.24, 2.45) is 4.99 Å². The summed E-state index contributed by atoms with van der Waals surface area (Å²) in [5, 5.41) is 14.5. The van der Waals surface area contributed by atoms with Crippen LogP contribution in [0.2, 0.25) is 0 Å². The molecule has 1 aromatic rings. The van der Waals surface area contributed by atoms with Crippen molar-refractivity contribution in [2.45, 2.75) is 58.8 Å². The highest BCUT2D eigenvalue weighted by Crippen LogP contribution is 2.45. The van der Waals surface area contributed by atoms with Crippen molar-refractivity contribution in [2.75, 3.05) is 30.8 Å². The summed E-state index contributed by atoms with van der Waals surface area (Å²) in [6.45, 7) is 5.16. The lowest BCUT2D eigenvalue weighted by molar-refractivity contribution is 0.302. The van der Waals surface area contributed by atoms with Crippen LogP contribution in [0.25, 0.3) is 0 Å². The van der Waals surface area contributed by atoms with Gasteiger partial charge in [0.2, 0.25) is 13.3 Å². The van der Waals surface area contributed by atoms with Crippen molar-refractivity contribution < 1.29 is 9.09 Å². The summed E-state index contributed by atoms with van der Waals surface area (Å²) >= 11 is 0. The standard InChI is InChI=1S/C20H34N5O2P/c1-3-28(26,4-2)27-17-11-9-7-5-6-8-10-14-23-20(24-18-21)25-19-12-15-22-16-13-19/h12-13,15-16H,3-11,14,17H2,1-2H3,(H2,22,23,24,25). The number of anilines is 1. The molecule has 2 N–H and O–H groups in total. The molecule has 0 spiro atoms. The summed E-state index contributed by atoms with van der Waals surface area (Å²) in [7, 11) is -2.34. The molecule has 7 nitrogen and oxygen atoms in total. The van der Waals surface area contributed by atoms with E-state index in [0.29, 0.717) is 31.4 Å². The van der Waals surface area contributed by atoms with Crippen LogP contribution in [0.3, 0.4) is 0 Å². The van der Waals surface area contributed by atoms with Crippen LogP contribution in [0.15, 0.2) is 29.5 Å². The fourth-order valence-electron chi connectivity index (χ4n) is 2.66. The van der Waals surface area contributed by atoms with Crippen molar-refractivity contribution in [1.29, 1.82) is 5.26 Å². The van der Waals surface area contributed by atoms with Gasteiger partial charge in [-0.15, -0.1) is 0 Å². The second-order valence-corrected chi connectivity index (χ2v) is 9.74. The Labute approximate surface area is 169 Å². The lowest BCUT2D eigenvalue weighted by Crippen LogP contribution is -2.27. The van der Waals surface area contributed by atoms with Crippen LogP contribution in [-0.4, -0.2) is 36.4 Å². The fourth-order valence-corrected chi connectivity index (χ4v) is 3.94. The molecule has 0 aromatic carbocycles. The Morgan fingerprint density at radius 2 is 1.71 bits per heavy atom. The highest BCUT2D eigenvalue weighted by atomic mass is 31.2. The number of hydrogen-bond acceptors (Lipinski definition) is 5. The molecule has 0 aliphatic heterocycles. The lowest BCUT2D eigenvalue weighted by atomic mass is 10.1. The summed E-state index contributed by atoms with van der Waals surface area (Å²) in [5.41, 5.74) is 0.842. The van der Waals surface area contributed by atoms with Crippen LogP contribution < -0.4 is 10.6 Å². The van der Waals surface area contributed by atoms with Gasteiger partial charge in [0.15, 0.2) is 6.19 Å². The van der Waals surface area contributed by atoms with Gasteiger partial charge in [0.25, 0.3) is 0 Å². The maximum Gasteiger partial charge on any atom is 0.209 e. The van der Waals surface area contributed by atoms with E-state index >= 15 is 0 Å². The smallest absolute Gasteiger partial charge is 0.209 e. The second kappa shape index (κ2) is 15.1. The maximum atomic E-state index is 12.1. The third kappa shape index (κ3) is 11.1. The minimum Gasteiger partial charge on any atom is -0.328 e. The van der Waals surface area contributed by atoms with Gasteiger partial charge in [0.1, 0.15) is 0 Å². The van der Waals surface area contributed by atoms with E-state index in [4.69, 9.17) is 9.79 Å². The Kier molecular flexibility index (Phi) is 13.0. The SMILES string of the molecule is CCP(=O)(CC)OCCCCCCCCCN=C(NC#N)Nc1ccncc1. The van der Waals surface area contributed by atoms with Gasteiger partial charge < -0.3 is 9.84 Å². The molecule has 0 saturated carbocycles. The predicted octanol–water partition coefficient (Wildman–Crippen LogP) is 4.99. The molecule has 1 aromatic heterocycles. The molecular weight excluding hydrogens is 373 g/mol. The summed E-state index contributed by atoms with van der Waals surface area (Å²) in [6.07, 6.45) is 14.3. The fraction of sp³-hybridized carbons (Fsp3) is 0.650. The monoisotopic (exact) mass is 407 g/mol. The number of unbranched alkanes of at least 4 members (excludes halogenated alkanes) is 6. The number of hydrogen-bond donors (Lipinski definition) is 2. The number of rotatable bonds is 14. The van der Waals surface area contributed by atoms with Crippen LogP contribution in [0.4, 0.5) is 5.69 Å². The minimum atomic E-state index is -2.34. The minimum absolute atomic E-state index is 0.463. The van der Waals surface area contributed by atoms with Crippen LogP contribution in [-0.2, 0) is 9.09 Å². The topological polar surface area (TPSA) is 99.4 Å². The Balaban J connectivity index is 2.07. The zero-order valence-corrected chi connectivity index (χ0v) is 18.1. The van der Waals surface area contributed by atoms with Crippen molar-refractivity contribution in [1.82, 2.24) is 10.3 Å². The van der Waals surface area contributed by atoms with Crippen LogP contribution in [0.1, 0.15) is 58.8 Å². The molecule has 0 aliphatic rings. The number of nitriles is 1. The molecule has 0 amide bonds. The van der Waals surface area contributed by atoms with E-state index in [-0.39, 0.29) is 0 Å². The Morgan fingerprint density at radius 3 is 2.32 bits per heavy atom. The molecule has 8 heteroatoms. The first-order chi connectivity index (χ1) is 13.6. The average molecular weight is 407 g/mol. The van der Waals surface area contributed by atoms with E-state index < -0.39 is 7.37 Å². The van der Waals surface area contributed by atoms with E-state index in [1.807, 2.05) is 32.2 Å². The highest BCUT2D eigenvalue weighted by Gasteiger charge is 2.16. The maximum absolute atomic E-state index is 12.1. The van der Waals surface area contributed by atoms with Gasteiger partial charge in [-0.2, -0.15) is 5.26 Å². The molecule has 0 saturated heterocycles. The zero-order valence-electron chi connectivity index (χ0n) is 17.2. The van der Waals surface area contributed by atoms with Crippen molar-refractivity contribution in [3.8, 4) is 6.19 Å². The second-order valence-electron chi connectivity index (χ2n) is 6.58. The van der Waals surface area contributed by atoms with E-state index in [2.05, 4.69) is 20.6 Å². The molecule has 0 fully saturated rings. The normalized spacial score (nSPS) is 11.8. The van der Waals surface area contributed by atoms with Crippen molar-refractivity contribution in [3.05, 3.63) is 24.5 Å². The molecule has 1 heterocycles. The van der Waals surface area contributed by atoms with Crippen LogP contribution >= 0.6 is 7.37 Å². The number of aromatic nitrogens is 1. The largest absolute Gasteiger partial charge is 0.328 e. The summed E-state index contributed by atoms with van der Waals surface area (Å²) in [6, 6.07) is 3.64. The van der Waals surface area contributed by atoms with E-state index in [1.165, 1.54) is 19.3 Å². The predicted molar refractivity (Wildman–Crippen MR) is 116 cm³/mol. The van der Waals surface area contributed by atoms with E-state index in [1.54, 1.807) is 12.4 Å². The van der Waals surface area contributed by atoms with Gasteiger partial charge in [-0.25, -0.2) is 0 Å². The lowest BCUT2D eigenvalue weighted by Gasteiger charge is -2.14. The van der Waals surface area contributed by atoms with Crippen molar-refractivity contribution in [3.63, 3.8) is 0 Å². The third-order valence-corrected chi connectivity index (χ3v) is 7.06. The van der Waals surface area contributed by atoms with Gasteiger partial charge in [-0.05, 0) is 25.0 Å². The molecule has 0 bridgehead atoms. The zero-order chi connectivity index (χ0) is 20.5. The van der Waals surface area contributed by atoms with E-state index in [0.717, 1.165) is 31.4 Å². The molecule has 0 aliphatic carbocycles. The molecule has 0 radical (unpaired) electrons. The molecule has 156 valence electrons. The molecule has 0 unspecified atom stereocenters. The van der Waals surface area contributed by atoms with Gasteiger partial charge >= 0.3 is 0 Å². The number of nitrogens with zero attached hydrogens (tertiary/aromatic N) is 3. The summed E-state index contributed by atoms with van der Waals surface area (Å²) in [5.74, 6) is 0.463. The Hall–Kier alpha value is -1.90. The van der Waals surface area contributed by atoms with Gasteiger partial charge in [0, 0.05) is 36.9 Å². The number of aliphatic imine (C=N–C) groups is 1. The summed E-state index contributed by atoms with van der Waals surface area (Å²) < 4.78 is 17.7. The average Bonchev–Trinajstić information content (AvgIpc) is 2.72. The molecule has 0 atom stereocenters. The highest BCUT2D eigenvalue weighted by molar-refractivity contribution is 7.58. The van der Waals surface area contributed by atoms with Gasteiger partial charge in [-0.3, -0.25) is 19.9 Å².